The minimum atomic E-state index is -0.490. The third-order valence-corrected chi connectivity index (χ3v) is 5.77. The summed E-state index contributed by atoms with van der Waals surface area (Å²) < 4.78 is 23.4. The van der Waals surface area contributed by atoms with Gasteiger partial charge < -0.3 is 23.7 Å². The molecule has 2 saturated heterocycles. The minimum absolute atomic E-state index is 0.215. The Morgan fingerprint density at radius 1 is 1.14 bits per heavy atom. The van der Waals surface area contributed by atoms with Gasteiger partial charge >= 0.3 is 13.2 Å². The highest BCUT2D eigenvalue weighted by Crippen LogP contribution is 2.38. The van der Waals surface area contributed by atoms with E-state index in [1.54, 1.807) is 12.0 Å². The Hall–Kier alpha value is -1.73. The summed E-state index contributed by atoms with van der Waals surface area (Å²) in [5.41, 5.74) is 0.766. The Morgan fingerprint density at radius 3 is 2.21 bits per heavy atom. The SMILES string of the molecule is COc1ccc(C2CN(C(=O)OC(C)(C)C)C2)c(B2OC(C)(C)C(C)(C)O2)c1. The predicted octanol–water partition coefficient (Wildman–Crippen LogP) is 3.33. The molecule has 0 radical (unpaired) electrons. The number of likely N-dealkylation sites (tertiary alicyclic amines) is 1. The van der Waals surface area contributed by atoms with Crippen LogP contribution in [0.1, 0.15) is 59.9 Å². The van der Waals surface area contributed by atoms with E-state index in [0.29, 0.717) is 13.1 Å². The zero-order chi connectivity index (χ0) is 20.9. The molecule has 2 aliphatic heterocycles. The maximum Gasteiger partial charge on any atom is 0.495 e. The van der Waals surface area contributed by atoms with Gasteiger partial charge in [-0.15, -0.1) is 0 Å². The third kappa shape index (κ3) is 4.01. The molecule has 0 aromatic heterocycles. The number of ether oxygens (including phenoxy) is 2. The monoisotopic (exact) mass is 389 g/mol. The fourth-order valence-corrected chi connectivity index (χ4v) is 3.38. The zero-order valence-electron chi connectivity index (χ0n) is 18.3. The van der Waals surface area contributed by atoms with Crippen LogP contribution in [-0.2, 0) is 14.0 Å². The Bertz CT molecular complexity index is 734. The molecule has 1 aromatic carbocycles. The molecule has 0 bridgehead atoms. The number of rotatable bonds is 3. The molecule has 1 aromatic rings. The summed E-state index contributed by atoms with van der Waals surface area (Å²) in [5, 5.41) is 0. The number of hydrogen-bond acceptors (Lipinski definition) is 5. The summed E-state index contributed by atoms with van der Waals surface area (Å²) in [6.07, 6.45) is -0.269. The Kier molecular flexibility index (Phi) is 5.22. The lowest BCUT2D eigenvalue weighted by Crippen LogP contribution is -2.52. The quantitative estimate of drug-likeness (QED) is 0.743. The minimum Gasteiger partial charge on any atom is -0.497 e. The van der Waals surface area contributed by atoms with Crippen LogP contribution < -0.4 is 10.2 Å². The molecule has 0 unspecified atom stereocenters. The van der Waals surface area contributed by atoms with Gasteiger partial charge in [0.25, 0.3) is 0 Å². The van der Waals surface area contributed by atoms with Gasteiger partial charge in [-0.3, -0.25) is 0 Å². The average molecular weight is 389 g/mol. The molecule has 0 aliphatic carbocycles. The number of carbonyl (C=O) groups excluding carboxylic acids is 1. The Labute approximate surface area is 168 Å². The second-order valence-electron chi connectivity index (χ2n) is 9.67. The molecular formula is C21H32BNO5. The van der Waals surface area contributed by atoms with Crippen LogP contribution in [0.5, 0.6) is 5.75 Å². The van der Waals surface area contributed by atoms with E-state index in [4.69, 9.17) is 18.8 Å². The summed E-state index contributed by atoms with van der Waals surface area (Å²) >= 11 is 0. The number of methoxy groups -OCH3 is 1. The van der Waals surface area contributed by atoms with Crippen LogP contribution in [-0.4, -0.2) is 55.1 Å². The van der Waals surface area contributed by atoms with Crippen LogP contribution in [0.3, 0.4) is 0 Å². The molecule has 3 rings (SSSR count). The van der Waals surface area contributed by atoms with Gasteiger partial charge in [0, 0.05) is 19.0 Å². The molecule has 28 heavy (non-hydrogen) atoms. The maximum absolute atomic E-state index is 12.3. The molecule has 2 heterocycles. The van der Waals surface area contributed by atoms with Crippen molar-refractivity contribution in [2.75, 3.05) is 20.2 Å². The van der Waals surface area contributed by atoms with Gasteiger partial charge in [-0.1, -0.05) is 6.07 Å². The smallest absolute Gasteiger partial charge is 0.495 e. The van der Waals surface area contributed by atoms with Gasteiger partial charge in [0.05, 0.1) is 18.3 Å². The summed E-state index contributed by atoms with van der Waals surface area (Å²) in [6.45, 7) is 15.0. The average Bonchev–Trinajstić information content (AvgIpc) is 2.72. The predicted molar refractivity (Wildman–Crippen MR) is 109 cm³/mol. The zero-order valence-corrected chi connectivity index (χ0v) is 18.3. The third-order valence-electron chi connectivity index (χ3n) is 5.77. The number of amides is 1. The van der Waals surface area contributed by atoms with Crippen LogP contribution in [0, 0.1) is 0 Å². The van der Waals surface area contributed by atoms with Crippen molar-refractivity contribution in [3.8, 4) is 5.75 Å². The molecule has 2 aliphatic rings. The van der Waals surface area contributed by atoms with Crippen molar-refractivity contribution in [2.24, 2.45) is 0 Å². The van der Waals surface area contributed by atoms with E-state index >= 15 is 0 Å². The number of hydrogen-bond donors (Lipinski definition) is 0. The van der Waals surface area contributed by atoms with E-state index in [0.717, 1.165) is 16.8 Å². The molecule has 0 saturated carbocycles. The Balaban J connectivity index is 1.79. The highest BCUT2D eigenvalue weighted by molar-refractivity contribution is 6.62. The fourth-order valence-electron chi connectivity index (χ4n) is 3.38. The van der Waals surface area contributed by atoms with Crippen molar-refractivity contribution in [1.82, 2.24) is 4.90 Å². The molecule has 1 amide bonds. The fraction of sp³-hybridized carbons (Fsp3) is 0.667. The van der Waals surface area contributed by atoms with Crippen molar-refractivity contribution < 1.29 is 23.6 Å². The van der Waals surface area contributed by atoms with Crippen LogP contribution in [0.25, 0.3) is 0 Å². The molecule has 6 nitrogen and oxygen atoms in total. The van der Waals surface area contributed by atoms with Gasteiger partial charge in [-0.2, -0.15) is 0 Å². The second-order valence-corrected chi connectivity index (χ2v) is 9.67. The van der Waals surface area contributed by atoms with Crippen molar-refractivity contribution in [3.63, 3.8) is 0 Å². The Morgan fingerprint density at radius 2 is 1.71 bits per heavy atom. The van der Waals surface area contributed by atoms with Crippen LogP contribution >= 0.6 is 0 Å². The van der Waals surface area contributed by atoms with Crippen LogP contribution in [0.15, 0.2) is 18.2 Å². The van der Waals surface area contributed by atoms with Crippen molar-refractivity contribution in [1.29, 1.82) is 0 Å². The molecule has 2 fully saturated rings. The highest BCUT2D eigenvalue weighted by atomic mass is 16.7. The van der Waals surface area contributed by atoms with E-state index in [2.05, 4.69) is 6.07 Å². The summed E-state index contributed by atoms with van der Waals surface area (Å²) in [6, 6.07) is 5.98. The molecule has 154 valence electrons. The molecule has 0 N–H and O–H groups in total. The van der Waals surface area contributed by atoms with Crippen molar-refractivity contribution in [2.45, 2.75) is 71.2 Å². The van der Waals surface area contributed by atoms with E-state index < -0.39 is 23.9 Å². The first-order valence-corrected chi connectivity index (χ1v) is 9.84. The van der Waals surface area contributed by atoms with Gasteiger partial charge in [0.15, 0.2) is 0 Å². The van der Waals surface area contributed by atoms with Crippen LogP contribution in [0.4, 0.5) is 4.79 Å². The van der Waals surface area contributed by atoms with Crippen molar-refractivity contribution >= 4 is 18.7 Å². The lowest BCUT2D eigenvalue weighted by atomic mass is 9.71. The maximum atomic E-state index is 12.3. The van der Waals surface area contributed by atoms with Crippen LogP contribution in [0.2, 0.25) is 0 Å². The van der Waals surface area contributed by atoms with Crippen molar-refractivity contribution in [3.05, 3.63) is 23.8 Å². The lowest BCUT2D eigenvalue weighted by Gasteiger charge is -2.40. The van der Waals surface area contributed by atoms with E-state index in [-0.39, 0.29) is 12.0 Å². The van der Waals surface area contributed by atoms with E-state index in [1.807, 2.05) is 60.6 Å². The number of carbonyl (C=O) groups is 1. The number of nitrogens with zero attached hydrogens (tertiary/aromatic N) is 1. The summed E-state index contributed by atoms with van der Waals surface area (Å²) in [5.74, 6) is 0.976. The van der Waals surface area contributed by atoms with Gasteiger partial charge in [0.1, 0.15) is 11.4 Å². The largest absolute Gasteiger partial charge is 0.497 e. The molecule has 0 atom stereocenters. The molecule has 7 heteroatoms. The molecular weight excluding hydrogens is 357 g/mol. The summed E-state index contributed by atoms with van der Waals surface area (Å²) in [4.78, 5) is 14.0. The van der Waals surface area contributed by atoms with E-state index in [1.165, 1.54) is 0 Å². The normalized spacial score (nSPS) is 21.4. The summed E-state index contributed by atoms with van der Waals surface area (Å²) in [7, 11) is 1.18. The first-order chi connectivity index (χ1) is 12.8. The standard InChI is InChI=1S/C21H32BNO5/c1-19(2,3)26-18(24)23-12-14(13-23)16-10-9-15(25-8)11-17(16)22-27-20(4,5)21(6,7)28-22/h9-11,14H,12-13H2,1-8H3. The van der Waals surface area contributed by atoms with E-state index in [9.17, 15) is 4.79 Å². The second kappa shape index (κ2) is 6.96. The van der Waals surface area contributed by atoms with Gasteiger partial charge in [-0.05, 0) is 71.6 Å². The topological polar surface area (TPSA) is 57.2 Å². The first-order valence-electron chi connectivity index (χ1n) is 9.84. The first kappa shape index (κ1) is 21.0. The van der Waals surface area contributed by atoms with Gasteiger partial charge in [-0.25, -0.2) is 4.79 Å². The highest BCUT2D eigenvalue weighted by Gasteiger charge is 2.53. The van der Waals surface area contributed by atoms with Gasteiger partial charge in [0.2, 0.25) is 0 Å². The lowest BCUT2D eigenvalue weighted by molar-refractivity contribution is 0.00578. The molecule has 0 spiro atoms. The number of benzene rings is 1.